The van der Waals surface area contributed by atoms with Gasteiger partial charge in [0, 0.05) is 6.20 Å². The van der Waals surface area contributed by atoms with Gasteiger partial charge in [0.1, 0.15) is 12.0 Å². The van der Waals surface area contributed by atoms with Crippen molar-refractivity contribution < 1.29 is 23.9 Å². The zero-order valence-electron chi connectivity index (χ0n) is 17.4. The molecule has 0 radical (unpaired) electrons. The van der Waals surface area contributed by atoms with Gasteiger partial charge < -0.3 is 14.4 Å². The van der Waals surface area contributed by atoms with E-state index in [1.807, 2.05) is 18.2 Å². The van der Waals surface area contributed by atoms with Crippen LogP contribution >= 0.6 is 0 Å². The molecule has 1 aliphatic heterocycles. The maximum absolute atomic E-state index is 13.5. The molecule has 1 aromatic heterocycles. The number of benzene rings is 2. The van der Waals surface area contributed by atoms with Gasteiger partial charge in [-0.3, -0.25) is 9.36 Å². The lowest BCUT2D eigenvalue weighted by atomic mass is 10.1. The van der Waals surface area contributed by atoms with Crippen molar-refractivity contribution in [3.05, 3.63) is 96.1 Å². The standard InChI is InChI=1S/C24H19N3O5/c1-31-23(29)17-10-7-8-14-26(21(17)24(30)32-2)19-12-5-3-9-16(19)22(28)27-15-25-18-11-4-6-13-20(18)27/h3-15H,1-2H3. The van der Waals surface area contributed by atoms with Crippen LogP contribution in [0.1, 0.15) is 10.4 Å². The van der Waals surface area contributed by atoms with E-state index in [0.717, 1.165) is 0 Å². The molecule has 0 spiro atoms. The topological polar surface area (TPSA) is 90.7 Å². The van der Waals surface area contributed by atoms with Crippen LogP contribution in [0.4, 0.5) is 5.69 Å². The summed E-state index contributed by atoms with van der Waals surface area (Å²) in [5.41, 5.74) is 1.95. The molecule has 0 saturated carbocycles. The minimum absolute atomic E-state index is 0.000294. The predicted octanol–water partition coefficient (Wildman–Crippen LogP) is 3.21. The van der Waals surface area contributed by atoms with Crippen LogP contribution in [0.15, 0.2) is 90.6 Å². The molecule has 2 heterocycles. The van der Waals surface area contributed by atoms with E-state index < -0.39 is 11.9 Å². The van der Waals surface area contributed by atoms with Crippen LogP contribution in [0.25, 0.3) is 11.0 Å². The summed E-state index contributed by atoms with van der Waals surface area (Å²) in [6, 6.07) is 14.1. The van der Waals surface area contributed by atoms with Crippen molar-refractivity contribution in [2.45, 2.75) is 0 Å². The number of carbonyl (C=O) groups is 3. The molecule has 160 valence electrons. The molecule has 4 rings (SSSR count). The van der Waals surface area contributed by atoms with Crippen molar-refractivity contribution in [1.82, 2.24) is 9.55 Å². The number of esters is 2. The SMILES string of the molecule is COC(=O)C1=C(C(=O)OC)N(c2ccccc2C(=O)n2cnc3ccccc32)C=CC=C1. The predicted molar refractivity (Wildman–Crippen MR) is 118 cm³/mol. The fourth-order valence-electron chi connectivity index (χ4n) is 3.47. The van der Waals surface area contributed by atoms with Gasteiger partial charge in [0.2, 0.25) is 0 Å². The summed E-state index contributed by atoms with van der Waals surface area (Å²) in [5.74, 6) is -1.81. The first-order chi connectivity index (χ1) is 15.6. The summed E-state index contributed by atoms with van der Waals surface area (Å²) in [6.45, 7) is 0. The second-order valence-corrected chi connectivity index (χ2v) is 6.74. The van der Waals surface area contributed by atoms with Gasteiger partial charge in [0.05, 0.1) is 42.1 Å². The Hall–Kier alpha value is -4.46. The quantitative estimate of drug-likeness (QED) is 0.588. The second kappa shape index (κ2) is 8.73. The Bertz CT molecular complexity index is 1320. The highest BCUT2D eigenvalue weighted by Crippen LogP contribution is 2.30. The number of fused-ring (bicyclic) bond motifs is 1. The molecule has 0 saturated heterocycles. The van der Waals surface area contributed by atoms with Crippen LogP contribution in [-0.4, -0.2) is 41.6 Å². The number of ether oxygens (including phenoxy) is 2. The Labute approximate surface area is 183 Å². The van der Waals surface area contributed by atoms with Crippen molar-refractivity contribution in [2.75, 3.05) is 19.1 Å². The van der Waals surface area contributed by atoms with Gasteiger partial charge in [-0.25, -0.2) is 14.6 Å². The first-order valence-corrected chi connectivity index (χ1v) is 9.67. The van der Waals surface area contributed by atoms with Crippen LogP contribution in [-0.2, 0) is 19.1 Å². The number of hydrogen-bond acceptors (Lipinski definition) is 7. The molecule has 0 N–H and O–H groups in total. The van der Waals surface area contributed by atoms with Gasteiger partial charge in [0.25, 0.3) is 5.91 Å². The Morgan fingerprint density at radius 2 is 1.59 bits per heavy atom. The highest BCUT2D eigenvalue weighted by atomic mass is 16.5. The molecule has 2 aromatic carbocycles. The summed E-state index contributed by atoms with van der Waals surface area (Å²) >= 11 is 0. The van der Waals surface area contributed by atoms with Gasteiger partial charge in [0.15, 0.2) is 0 Å². The Morgan fingerprint density at radius 1 is 0.875 bits per heavy atom. The van der Waals surface area contributed by atoms with Crippen LogP contribution in [0.3, 0.4) is 0 Å². The number of methoxy groups -OCH3 is 2. The monoisotopic (exact) mass is 429 g/mol. The first kappa shape index (κ1) is 20.8. The fourth-order valence-corrected chi connectivity index (χ4v) is 3.47. The molecule has 0 fully saturated rings. The third-order valence-electron chi connectivity index (χ3n) is 4.96. The Balaban J connectivity index is 1.89. The van der Waals surface area contributed by atoms with Gasteiger partial charge in [-0.2, -0.15) is 0 Å². The lowest BCUT2D eigenvalue weighted by Crippen LogP contribution is -2.28. The summed E-state index contributed by atoms with van der Waals surface area (Å²) in [4.78, 5) is 44.4. The number of aromatic nitrogens is 2. The third-order valence-corrected chi connectivity index (χ3v) is 4.96. The van der Waals surface area contributed by atoms with Gasteiger partial charge in [-0.15, -0.1) is 0 Å². The second-order valence-electron chi connectivity index (χ2n) is 6.74. The number of para-hydroxylation sites is 3. The molecule has 0 amide bonds. The molecule has 0 atom stereocenters. The zero-order chi connectivity index (χ0) is 22.7. The summed E-state index contributed by atoms with van der Waals surface area (Å²) in [5, 5.41) is 0. The number of anilines is 1. The van der Waals surface area contributed by atoms with Gasteiger partial charge >= 0.3 is 11.9 Å². The van der Waals surface area contributed by atoms with Crippen molar-refractivity contribution in [3.8, 4) is 0 Å². The number of hydrogen-bond donors (Lipinski definition) is 0. The number of allylic oxidation sites excluding steroid dienone is 2. The van der Waals surface area contributed by atoms with Crippen molar-refractivity contribution >= 4 is 34.6 Å². The van der Waals surface area contributed by atoms with Crippen LogP contribution in [0, 0.1) is 0 Å². The molecule has 3 aromatic rings. The molecule has 0 aliphatic carbocycles. The lowest BCUT2D eigenvalue weighted by Gasteiger charge is -2.25. The van der Waals surface area contributed by atoms with Crippen LogP contribution < -0.4 is 4.90 Å². The normalized spacial score (nSPS) is 13.2. The van der Waals surface area contributed by atoms with E-state index in [2.05, 4.69) is 4.98 Å². The maximum Gasteiger partial charge on any atom is 0.355 e. The fraction of sp³-hybridized carbons (Fsp3) is 0.0833. The summed E-state index contributed by atoms with van der Waals surface area (Å²) in [7, 11) is 2.44. The molecule has 32 heavy (non-hydrogen) atoms. The highest BCUT2D eigenvalue weighted by Gasteiger charge is 2.29. The van der Waals surface area contributed by atoms with E-state index in [0.29, 0.717) is 22.3 Å². The number of nitrogens with zero attached hydrogens (tertiary/aromatic N) is 3. The van der Waals surface area contributed by atoms with Gasteiger partial charge in [-0.1, -0.05) is 30.3 Å². The average Bonchev–Trinajstić information content (AvgIpc) is 3.14. The summed E-state index contributed by atoms with van der Waals surface area (Å²) in [6.07, 6.45) is 7.75. The van der Waals surface area contributed by atoms with E-state index in [1.54, 1.807) is 48.7 Å². The smallest absolute Gasteiger partial charge is 0.355 e. The van der Waals surface area contributed by atoms with Crippen LogP contribution in [0.2, 0.25) is 0 Å². The Morgan fingerprint density at radius 3 is 2.38 bits per heavy atom. The van der Waals surface area contributed by atoms with Gasteiger partial charge in [-0.05, 0) is 36.4 Å². The van der Waals surface area contributed by atoms with Crippen molar-refractivity contribution in [2.24, 2.45) is 0 Å². The molecular weight excluding hydrogens is 410 g/mol. The third kappa shape index (κ3) is 3.58. The van der Waals surface area contributed by atoms with E-state index in [9.17, 15) is 14.4 Å². The molecule has 0 bridgehead atoms. The van der Waals surface area contributed by atoms with Crippen molar-refractivity contribution in [3.63, 3.8) is 0 Å². The number of rotatable bonds is 4. The molecule has 0 unspecified atom stereocenters. The number of carbonyl (C=O) groups excluding carboxylic acids is 3. The first-order valence-electron chi connectivity index (χ1n) is 9.67. The molecule has 1 aliphatic rings. The zero-order valence-corrected chi connectivity index (χ0v) is 17.4. The maximum atomic E-state index is 13.5. The minimum Gasteiger partial charge on any atom is -0.465 e. The largest absolute Gasteiger partial charge is 0.465 e. The molecule has 8 heteroatoms. The highest BCUT2D eigenvalue weighted by molar-refractivity contribution is 6.09. The van der Waals surface area contributed by atoms with E-state index in [-0.39, 0.29) is 17.2 Å². The Kier molecular flexibility index (Phi) is 5.67. The molecular formula is C24H19N3O5. The van der Waals surface area contributed by atoms with E-state index >= 15 is 0 Å². The van der Waals surface area contributed by atoms with E-state index in [1.165, 1.54) is 36.1 Å². The molecule has 8 nitrogen and oxygen atoms in total. The van der Waals surface area contributed by atoms with E-state index in [4.69, 9.17) is 9.47 Å². The number of imidazole rings is 1. The van der Waals surface area contributed by atoms with Crippen LogP contribution in [0.5, 0.6) is 0 Å². The average molecular weight is 429 g/mol. The van der Waals surface area contributed by atoms with Crippen molar-refractivity contribution in [1.29, 1.82) is 0 Å². The lowest BCUT2D eigenvalue weighted by molar-refractivity contribution is -0.139. The summed E-state index contributed by atoms with van der Waals surface area (Å²) < 4.78 is 11.2. The minimum atomic E-state index is -0.753.